The molecular formula is C27H32N6O5. The van der Waals surface area contributed by atoms with Crippen molar-refractivity contribution in [2.45, 2.75) is 46.6 Å². The molecular weight excluding hydrogens is 488 g/mol. The molecule has 0 aromatic carbocycles. The number of aryl methyl sites for hydroxylation is 2. The quantitative estimate of drug-likeness (QED) is 0.231. The first-order valence-electron chi connectivity index (χ1n) is 12.3. The van der Waals surface area contributed by atoms with Gasteiger partial charge in [0.1, 0.15) is 11.3 Å². The summed E-state index contributed by atoms with van der Waals surface area (Å²) in [5.74, 6) is -0.00887. The maximum Gasteiger partial charge on any atom is 0.407 e. The Balaban J connectivity index is 1.51. The van der Waals surface area contributed by atoms with Gasteiger partial charge in [0.2, 0.25) is 5.88 Å². The molecule has 0 aliphatic carbocycles. The third-order valence-corrected chi connectivity index (χ3v) is 5.59. The lowest BCUT2D eigenvalue weighted by molar-refractivity contribution is -0.110. The number of carbonyl (C=O) groups excluding carboxylic acids is 3. The van der Waals surface area contributed by atoms with Gasteiger partial charge in [0.25, 0.3) is 5.91 Å². The third kappa shape index (κ3) is 6.10. The fourth-order valence-corrected chi connectivity index (χ4v) is 4.00. The minimum Gasteiger partial charge on any atom is -0.476 e. The SMILES string of the molecule is CC(=O)c1cc(C)[nH]c1/C=C1\C(=O)Nc2ccc(-c3cn(C)nc3OCCCNC(=O)OC(C)(C)C)nc21. The molecule has 3 N–H and O–H groups in total. The number of ether oxygens (including phenoxy) is 2. The van der Waals surface area contributed by atoms with E-state index in [1.165, 1.54) is 6.92 Å². The van der Waals surface area contributed by atoms with E-state index in [9.17, 15) is 14.4 Å². The van der Waals surface area contributed by atoms with E-state index in [0.29, 0.717) is 64.9 Å². The normalized spacial score (nSPS) is 13.8. The number of aromatic amines is 1. The van der Waals surface area contributed by atoms with Crippen LogP contribution in [0.3, 0.4) is 0 Å². The highest BCUT2D eigenvalue weighted by molar-refractivity contribution is 6.34. The maximum absolute atomic E-state index is 12.8. The Morgan fingerprint density at radius 1 is 1.24 bits per heavy atom. The number of amides is 2. The number of carbonyl (C=O) groups is 3. The monoisotopic (exact) mass is 520 g/mol. The number of anilines is 1. The number of nitrogens with zero attached hydrogens (tertiary/aromatic N) is 3. The van der Waals surface area contributed by atoms with Gasteiger partial charge in [0, 0.05) is 31.0 Å². The van der Waals surface area contributed by atoms with Crippen molar-refractivity contribution in [1.29, 1.82) is 0 Å². The fraction of sp³-hybridized carbons (Fsp3) is 0.370. The van der Waals surface area contributed by atoms with Crippen LogP contribution in [-0.2, 0) is 16.6 Å². The van der Waals surface area contributed by atoms with E-state index in [1.807, 2.05) is 6.92 Å². The molecule has 1 aliphatic heterocycles. The summed E-state index contributed by atoms with van der Waals surface area (Å²) in [6.07, 6.45) is 3.51. The highest BCUT2D eigenvalue weighted by atomic mass is 16.6. The van der Waals surface area contributed by atoms with Crippen molar-refractivity contribution in [3.05, 3.63) is 47.0 Å². The Hall–Kier alpha value is -4.41. The first-order chi connectivity index (χ1) is 17.9. The summed E-state index contributed by atoms with van der Waals surface area (Å²) < 4.78 is 12.7. The van der Waals surface area contributed by atoms with Gasteiger partial charge in [-0.25, -0.2) is 9.78 Å². The van der Waals surface area contributed by atoms with Crippen molar-refractivity contribution in [1.82, 2.24) is 25.1 Å². The Morgan fingerprint density at radius 3 is 2.71 bits per heavy atom. The van der Waals surface area contributed by atoms with Gasteiger partial charge in [-0.3, -0.25) is 14.3 Å². The predicted octanol–water partition coefficient (Wildman–Crippen LogP) is 4.11. The van der Waals surface area contributed by atoms with Gasteiger partial charge in [-0.2, -0.15) is 0 Å². The molecule has 0 saturated carbocycles. The lowest BCUT2D eigenvalue weighted by Gasteiger charge is -2.19. The number of hydrogen-bond donors (Lipinski definition) is 3. The van der Waals surface area contributed by atoms with Crippen LogP contribution in [0.4, 0.5) is 10.5 Å². The van der Waals surface area contributed by atoms with Crippen molar-refractivity contribution < 1.29 is 23.9 Å². The van der Waals surface area contributed by atoms with Crippen LogP contribution in [0.2, 0.25) is 0 Å². The molecule has 2 amide bonds. The summed E-state index contributed by atoms with van der Waals surface area (Å²) in [7, 11) is 1.78. The van der Waals surface area contributed by atoms with E-state index >= 15 is 0 Å². The number of aromatic nitrogens is 4. The van der Waals surface area contributed by atoms with Gasteiger partial charge in [0.15, 0.2) is 5.78 Å². The Kier molecular flexibility index (Phi) is 7.38. The molecule has 4 rings (SSSR count). The zero-order valence-corrected chi connectivity index (χ0v) is 22.4. The van der Waals surface area contributed by atoms with E-state index in [2.05, 4.69) is 20.7 Å². The topological polar surface area (TPSA) is 140 Å². The second-order valence-corrected chi connectivity index (χ2v) is 10.1. The molecule has 1 aliphatic rings. The van der Waals surface area contributed by atoms with E-state index in [1.54, 1.807) is 63.0 Å². The van der Waals surface area contributed by atoms with Crippen molar-refractivity contribution >= 4 is 35.1 Å². The van der Waals surface area contributed by atoms with E-state index < -0.39 is 11.7 Å². The highest BCUT2D eigenvalue weighted by Gasteiger charge is 2.28. The standard InChI is InChI=1S/C27H32N6O5/c1-15-12-17(16(2)34)22(29-15)13-18-23-21(31-24(18)35)9-8-20(30-23)19-14-33(6)32-25(19)37-11-7-10-28-26(36)38-27(3,4)5/h8-9,12-14,29H,7,10-11H2,1-6H3,(H,28,36)(H,31,35)/b18-13-. The van der Waals surface area contributed by atoms with Gasteiger partial charge in [-0.05, 0) is 65.3 Å². The molecule has 0 radical (unpaired) electrons. The molecule has 0 atom stereocenters. The van der Waals surface area contributed by atoms with Gasteiger partial charge in [0.05, 0.1) is 34.8 Å². The number of rotatable bonds is 8. The predicted molar refractivity (Wildman–Crippen MR) is 143 cm³/mol. The van der Waals surface area contributed by atoms with Crippen LogP contribution in [0.5, 0.6) is 5.88 Å². The molecule has 0 unspecified atom stereocenters. The molecule has 0 bridgehead atoms. The number of H-pyrrole nitrogens is 1. The minimum atomic E-state index is -0.558. The summed E-state index contributed by atoms with van der Waals surface area (Å²) in [6, 6.07) is 5.33. The molecule has 11 heteroatoms. The molecule has 38 heavy (non-hydrogen) atoms. The molecule has 0 saturated heterocycles. The lowest BCUT2D eigenvalue weighted by Crippen LogP contribution is -2.33. The number of Topliss-reactive ketones (excluding diaryl/α,β-unsaturated/α-hetero) is 1. The maximum atomic E-state index is 12.8. The summed E-state index contributed by atoms with van der Waals surface area (Å²) in [5.41, 5.74) is 3.99. The number of alkyl carbamates (subject to hydrolysis) is 1. The van der Waals surface area contributed by atoms with Gasteiger partial charge >= 0.3 is 6.09 Å². The molecule has 3 aromatic heterocycles. The smallest absolute Gasteiger partial charge is 0.407 e. The van der Waals surface area contributed by atoms with E-state index in [0.717, 1.165) is 5.69 Å². The molecule has 3 aromatic rings. The van der Waals surface area contributed by atoms with Crippen molar-refractivity contribution in [3.8, 4) is 17.1 Å². The van der Waals surface area contributed by atoms with E-state index in [4.69, 9.17) is 14.5 Å². The molecule has 200 valence electrons. The van der Waals surface area contributed by atoms with Crippen LogP contribution in [0.1, 0.15) is 61.6 Å². The summed E-state index contributed by atoms with van der Waals surface area (Å²) in [6.45, 7) is 9.46. The first kappa shape index (κ1) is 26.6. The van der Waals surface area contributed by atoms with Crippen molar-refractivity contribution in [2.24, 2.45) is 7.05 Å². The summed E-state index contributed by atoms with van der Waals surface area (Å²) >= 11 is 0. The first-order valence-corrected chi connectivity index (χ1v) is 12.3. The second kappa shape index (κ2) is 10.5. The Labute approximate surface area is 220 Å². The Bertz CT molecular complexity index is 1430. The fourth-order valence-electron chi connectivity index (χ4n) is 4.00. The van der Waals surface area contributed by atoms with Gasteiger partial charge < -0.3 is 25.1 Å². The van der Waals surface area contributed by atoms with Crippen LogP contribution in [0.25, 0.3) is 22.9 Å². The zero-order chi connectivity index (χ0) is 27.6. The second-order valence-electron chi connectivity index (χ2n) is 10.1. The summed E-state index contributed by atoms with van der Waals surface area (Å²) in [5, 5.41) is 9.93. The molecule has 4 heterocycles. The number of ketones is 1. The average molecular weight is 521 g/mol. The molecule has 0 fully saturated rings. The van der Waals surface area contributed by atoms with Crippen molar-refractivity contribution in [2.75, 3.05) is 18.5 Å². The minimum absolute atomic E-state index is 0.0972. The summed E-state index contributed by atoms with van der Waals surface area (Å²) in [4.78, 5) is 44.5. The van der Waals surface area contributed by atoms with Gasteiger partial charge in [-0.1, -0.05) is 0 Å². The molecule has 11 nitrogen and oxygen atoms in total. The number of nitrogens with one attached hydrogen (secondary N) is 3. The van der Waals surface area contributed by atoms with Crippen LogP contribution in [0.15, 0.2) is 24.4 Å². The van der Waals surface area contributed by atoms with Crippen molar-refractivity contribution in [3.63, 3.8) is 0 Å². The average Bonchev–Trinajstić information content (AvgIpc) is 3.47. The number of hydrogen-bond acceptors (Lipinski definition) is 7. The van der Waals surface area contributed by atoms with Crippen LogP contribution in [0, 0.1) is 6.92 Å². The lowest BCUT2D eigenvalue weighted by atomic mass is 10.1. The van der Waals surface area contributed by atoms with Crippen LogP contribution >= 0.6 is 0 Å². The van der Waals surface area contributed by atoms with Gasteiger partial charge in [-0.15, -0.1) is 5.10 Å². The highest BCUT2D eigenvalue weighted by Crippen LogP contribution is 2.36. The van der Waals surface area contributed by atoms with E-state index in [-0.39, 0.29) is 11.7 Å². The zero-order valence-electron chi connectivity index (χ0n) is 22.4. The Morgan fingerprint density at radius 2 is 2.00 bits per heavy atom. The third-order valence-electron chi connectivity index (χ3n) is 5.59. The van der Waals surface area contributed by atoms with Crippen LogP contribution < -0.4 is 15.4 Å². The van der Waals surface area contributed by atoms with Crippen LogP contribution in [-0.4, -0.2) is 56.3 Å². The molecule has 0 spiro atoms. The number of pyridine rings is 1. The number of fused-ring (bicyclic) bond motifs is 1. The largest absolute Gasteiger partial charge is 0.476 e.